The number of amides is 1. The summed E-state index contributed by atoms with van der Waals surface area (Å²) in [5, 5.41) is 15.4. The molecule has 1 heterocycles. The average Bonchev–Trinajstić information content (AvgIpc) is 2.99. The second kappa shape index (κ2) is 6.21. The molecule has 0 spiro atoms. The van der Waals surface area contributed by atoms with Crippen molar-refractivity contribution in [3.63, 3.8) is 0 Å². The Morgan fingerprint density at radius 1 is 1.40 bits per heavy atom. The number of nitrogens with zero attached hydrogens (tertiary/aromatic N) is 1. The predicted molar refractivity (Wildman–Crippen MR) is 78.7 cm³/mol. The molecule has 0 bridgehead atoms. The summed E-state index contributed by atoms with van der Waals surface area (Å²) in [7, 11) is 1.48. The monoisotopic (exact) mass is 290 g/mol. The van der Waals surface area contributed by atoms with E-state index in [2.05, 4.69) is 10.5 Å². The Labute approximate surface area is 120 Å². The second-order valence-electron chi connectivity index (χ2n) is 4.00. The molecule has 2 rings (SSSR count). The van der Waals surface area contributed by atoms with E-state index in [1.807, 2.05) is 5.38 Å². The maximum absolute atomic E-state index is 11.7. The van der Waals surface area contributed by atoms with Crippen LogP contribution in [0.4, 0.5) is 0 Å². The average molecular weight is 290 g/mol. The lowest BCUT2D eigenvalue weighted by atomic mass is 10.1. The zero-order valence-electron chi connectivity index (χ0n) is 11.1. The van der Waals surface area contributed by atoms with E-state index in [9.17, 15) is 9.90 Å². The normalized spacial score (nSPS) is 11.2. The van der Waals surface area contributed by atoms with Crippen LogP contribution in [0.25, 0.3) is 0 Å². The molecule has 0 aliphatic rings. The van der Waals surface area contributed by atoms with Crippen LogP contribution >= 0.6 is 11.3 Å². The Bertz CT molecular complexity index is 636. The Kier molecular flexibility index (Phi) is 4.37. The van der Waals surface area contributed by atoms with Crippen LogP contribution in [0.3, 0.4) is 0 Å². The topological polar surface area (TPSA) is 70.9 Å². The van der Waals surface area contributed by atoms with E-state index in [0.29, 0.717) is 16.3 Å². The van der Waals surface area contributed by atoms with E-state index >= 15 is 0 Å². The minimum Gasteiger partial charge on any atom is -0.504 e. The fourth-order valence-electron chi connectivity index (χ4n) is 1.56. The highest BCUT2D eigenvalue weighted by atomic mass is 32.1. The van der Waals surface area contributed by atoms with Crippen molar-refractivity contribution < 1.29 is 14.6 Å². The number of phenols is 1. The number of hydrogen-bond acceptors (Lipinski definition) is 5. The van der Waals surface area contributed by atoms with Crippen LogP contribution in [-0.2, 0) is 0 Å². The van der Waals surface area contributed by atoms with Gasteiger partial charge in [0, 0.05) is 5.56 Å². The molecule has 0 saturated heterocycles. The van der Waals surface area contributed by atoms with Crippen LogP contribution in [0.2, 0.25) is 0 Å². The summed E-state index contributed by atoms with van der Waals surface area (Å²) in [5.41, 5.74) is 3.87. The lowest BCUT2D eigenvalue weighted by Crippen LogP contribution is -2.18. The molecule has 104 valence electrons. The summed E-state index contributed by atoms with van der Waals surface area (Å²) in [4.78, 5) is 12.3. The quantitative estimate of drug-likeness (QED) is 0.671. The van der Waals surface area contributed by atoms with Crippen molar-refractivity contribution in [2.45, 2.75) is 6.92 Å². The number of aromatic hydroxyl groups is 1. The number of benzene rings is 1. The second-order valence-corrected chi connectivity index (χ2v) is 4.95. The van der Waals surface area contributed by atoms with E-state index < -0.39 is 0 Å². The van der Waals surface area contributed by atoms with Crippen molar-refractivity contribution in [1.29, 1.82) is 0 Å². The number of nitrogens with one attached hydrogen (secondary N) is 1. The van der Waals surface area contributed by atoms with Crippen LogP contribution in [0, 0.1) is 0 Å². The Morgan fingerprint density at radius 2 is 2.20 bits per heavy atom. The number of hydrazone groups is 1. The third kappa shape index (κ3) is 3.16. The number of rotatable bonds is 4. The number of thiophene rings is 1. The molecule has 6 heteroatoms. The fourth-order valence-corrected chi connectivity index (χ4v) is 2.18. The molecule has 0 aliphatic carbocycles. The van der Waals surface area contributed by atoms with Gasteiger partial charge in [0.25, 0.3) is 5.91 Å². The third-order valence-corrected chi connectivity index (χ3v) is 3.54. The molecule has 1 amide bonds. The van der Waals surface area contributed by atoms with Gasteiger partial charge in [0.05, 0.1) is 17.7 Å². The molecule has 1 aromatic carbocycles. The zero-order chi connectivity index (χ0) is 14.5. The molecule has 1 aromatic heterocycles. The number of methoxy groups -OCH3 is 1. The van der Waals surface area contributed by atoms with Gasteiger partial charge >= 0.3 is 0 Å². The molecule has 0 atom stereocenters. The first-order chi connectivity index (χ1) is 9.61. The van der Waals surface area contributed by atoms with Gasteiger partial charge < -0.3 is 9.84 Å². The summed E-state index contributed by atoms with van der Waals surface area (Å²) in [5.74, 6) is 0.179. The molecule has 20 heavy (non-hydrogen) atoms. The van der Waals surface area contributed by atoms with E-state index in [1.54, 1.807) is 31.2 Å². The maximum Gasteiger partial charge on any atom is 0.281 e. The Balaban J connectivity index is 2.12. The van der Waals surface area contributed by atoms with Crippen molar-refractivity contribution in [1.82, 2.24) is 5.43 Å². The van der Waals surface area contributed by atoms with Crippen molar-refractivity contribution >= 4 is 23.0 Å². The Hall–Kier alpha value is -2.34. The van der Waals surface area contributed by atoms with Crippen LogP contribution in [-0.4, -0.2) is 23.8 Å². The number of carbonyl (C=O) groups is 1. The highest BCUT2D eigenvalue weighted by Gasteiger charge is 2.07. The largest absolute Gasteiger partial charge is 0.504 e. The maximum atomic E-state index is 11.7. The summed E-state index contributed by atoms with van der Waals surface area (Å²) in [6.45, 7) is 1.76. The summed E-state index contributed by atoms with van der Waals surface area (Å²) < 4.78 is 5.03. The number of phenolic OH excluding ortho intramolecular Hbond substituents is 1. The lowest BCUT2D eigenvalue weighted by Gasteiger charge is -2.06. The van der Waals surface area contributed by atoms with Crippen LogP contribution < -0.4 is 10.2 Å². The van der Waals surface area contributed by atoms with Gasteiger partial charge in [-0.2, -0.15) is 5.10 Å². The van der Waals surface area contributed by atoms with Gasteiger partial charge in [-0.3, -0.25) is 4.79 Å². The van der Waals surface area contributed by atoms with Gasteiger partial charge in [0.2, 0.25) is 0 Å². The van der Waals surface area contributed by atoms with Crippen molar-refractivity contribution in [2.75, 3.05) is 7.11 Å². The van der Waals surface area contributed by atoms with Crippen LogP contribution in [0.5, 0.6) is 11.5 Å². The van der Waals surface area contributed by atoms with Gasteiger partial charge in [-0.1, -0.05) is 6.07 Å². The first-order valence-corrected chi connectivity index (χ1v) is 6.75. The molecule has 0 unspecified atom stereocenters. The van der Waals surface area contributed by atoms with Crippen molar-refractivity contribution in [3.05, 3.63) is 46.2 Å². The molecule has 0 saturated carbocycles. The highest BCUT2D eigenvalue weighted by Crippen LogP contribution is 2.26. The first-order valence-electron chi connectivity index (χ1n) is 5.87. The highest BCUT2D eigenvalue weighted by molar-refractivity contribution is 7.12. The predicted octanol–water partition coefficient (Wildman–Crippen LogP) is 2.62. The van der Waals surface area contributed by atoms with Crippen molar-refractivity contribution in [2.24, 2.45) is 5.10 Å². The van der Waals surface area contributed by atoms with E-state index in [4.69, 9.17) is 4.74 Å². The molecular weight excluding hydrogens is 276 g/mol. The molecule has 2 N–H and O–H groups in total. The molecule has 5 nitrogen and oxygen atoms in total. The first kappa shape index (κ1) is 14.1. The van der Waals surface area contributed by atoms with E-state index in [1.165, 1.54) is 24.5 Å². The lowest BCUT2D eigenvalue weighted by molar-refractivity contribution is 0.0959. The van der Waals surface area contributed by atoms with Gasteiger partial charge in [-0.05, 0) is 36.6 Å². The molecule has 2 aromatic rings. The zero-order valence-corrected chi connectivity index (χ0v) is 11.9. The van der Waals surface area contributed by atoms with E-state index in [-0.39, 0.29) is 11.7 Å². The SMILES string of the molecule is COc1cc(/C(C)=N\NC(=O)c2cccs2)ccc1O. The minimum absolute atomic E-state index is 0.0617. The number of carbonyl (C=O) groups excluding carboxylic acids is 1. The number of hydrogen-bond donors (Lipinski definition) is 2. The third-order valence-electron chi connectivity index (χ3n) is 2.67. The van der Waals surface area contributed by atoms with Crippen molar-refractivity contribution in [3.8, 4) is 11.5 Å². The van der Waals surface area contributed by atoms with Gasteiger partial charge in [-0.25, -0.2) is 5.43 Å². The van der Waals surface area contributed by atoms with Crippen LogP contribution in [0.1, 0.15) is 22.2 Å². The fraction of sp³-hybridized carbons (Fsp3) is 0.143. The molecule has 0 radical (unpaired) electrons. The van der Waals surface area contributed by atoms with Crippen LogP contribution in [0.15, 0.2) is 40.8 Å². The molecule has 0 aliphatic heterocycles. The van der Waals surface area contributed by atoms with Gasteiger partial charge in [-0.15, -0.1) is 11.3 Å². The summed E-state index contributed by atoms with van der Waals surface area (Å²) >= 11 is 1.35. The van der Waals surface area contributed by atoms with Gasteiger partial charge in [0.15, 0.2) is 11.5 Å². The van der Waals surface area contributed by atoms with E-state index in [0.717, 1.165) is 5.56 Å². The summed E-state index contributed by atoms with van der Waals surface area (Å²) in [6.07, 6.45) is 0. The number of ether oxygens (including phenoxy) is 1. The Morgan fingerprint density at radius 3 is 2.85 bits per heavy atom. The molecule has 0 fully saturated rings. The van der Waals surface area contributed by atoms with Gasteiger partial charge in [0.1, 0.15) is 0 Å². The standard InChI is InChI=1S/C14H14N2O3S/c1-9(10-5-6-11(17)12(8-10)19-2)15-16-14(18)13-4-3-7-20-13/h3-8,17H,1-2H3,(H,16,18)/b15-9-. The molecular formula is C14H14N2O3S. The smallest absolute Gasteiger partial charge is 0.281 e. The minimum atomic E-state index is -0.245. The summed E-state index contributed by atoms with van der Waals surface area (Å²) in [6, 6.07) is 8.42.